The first kappa shape index (κ1) is 15.8. The van der Waals surface area contributed by atoms with Crippen LogP contribution in [0.1, 0.15) is 16.7 Å². The van der Waals surface area contributed by atoms with Gasteiger partial charge in [0.25, 0.3) is 0 Å². The Hall–Kier alpha value is -2.56. The molecular weight excluding hydrogens is 283 g/mol. The minimum absolute atomic E-state index is 0.00538. The number of nitrogens with one attached hydrogen (secondary N) is 2. The lowest BCUT2D eigenvalue weighted by atomic mass is 10.1. The molecular formula is C17H19FN2O2. The van der Waals surface area contributed by atoms with Crippen LogP contribution in [0, 0.1) is 26.6 Å². The Morgan fingerprint density at radius 3 is 2.50 bits per heavy atom. The first-order valence-corrected chi connectivity index (χ1v) is 6.98. The highest BCUT2D eigenvalue weighted by Gasteiger charge is 2.08. The molecule has 5 heteroatoms. The van der Waals surface area contributed by atoms with Crippen molar-refractivity contribution in [3.8, 4) is 5.75 Å². The summed E-state index contributed by atoms with van der Waals surface area (Å²) in [4.78, 5) is 11.7. The minimum atomic E-state index is -0.520. The number of para-hydroxylation sites is 1. The number of anilines is 1. The van der Waals surface area contributed by atoms with Gasteiger partial charge in [0.05, 0.1) is 5.69 Å². The fourth-order valence-electron chi connectivity index (χ4n) is 2.05. The smallest absolute Gasteiger partial charge is 0.321 e. The van der Waals surface area contributed by atoms with Gasteiger partial charge in [0.15, 0.2) is 6.73 Å². The molecule has 0 heterocycles. The number of carbonyl (C=O) groups is 1. The lowest BCUT2D eigenvalue weighted by molar-refractivity contribution is 0.234. The molecule has 0 unspecified atom stereocenters. The maximum absolute atomic E-state index is 13.4. The van der Waals surface area contributed by atoms with Crippen molar-refractivity contribution in [3.63, 3.8) is 0 Å². The summed E-state index contributed by atoms with van der Waals surface area (Å²) in [6.07, 6.45) is 0. The van der Waals surface area contributed by atoms with Crippen molar-refractivity contribution in [1.29, 1.82) is 0 Å². The van der Waals surface area contributed by atoms with E-state index in [1.165, 1.54) is 12.1 Å². The Balaban J connectivity index is 1.90. The van der Waals surface area contributed by atoms with Gasteiger partial charge in [-0.2, -0.15) is 0 Å². The average molecular weight is 302 g/mol. The Bertz CT molecular complexity index is 686. The number of hydrogen-bond donors (Lipinski definition) is 2. The first-order valence-electron chi connectivity index (χ1n) is 6.98. The highest BCUT2D eigenvalue weighted by atomic mass is 19.1. The van der Waals surface area contributed by atoms with Crippen molar-refractivity contribution in [2.24, 2.45) is 0 Å². The maximum Gasteiger partial charge on any atom is 0.321 e. The van der Waals surface area contributed by atoms with Crippen LogP contribution in [0.25, 0.3) is 0 Å². The van der Waals surface area contributed by atoms with Gasteiger partial charge in [-0.25, -0.2) is 9.18 Å². The second-order valence-corrected chi connectivity index (χ2v) is 5.05. The molecule has 0 saturated heterocycles. The topological polar surface area (TPSA) is 50.4 Å². The summed E-state index contributed by atoms with van der Waals surface area (Å²) in [6.45, 7) is 5.92. The quantitative estimate of drug-likeness (QED) is 0.841. The van der Waals surface area contributed by atoms with E-state index in [2.05, 4.69) is 10.6 Å². The second-order valence-electron chi connectivity index (χ2n) is 5.05. The van der Waals surface area contributed by atoms with Crippen LogP contribution in [0.2, 0.25) is 0 Å². The largest absolute Gasteiger partial charge is 0.473 e. The molecule has 2 N–H and O–H groups in total. The zero-order valence-electron chi connectivity index (χ0n) is 12.9. The lowest BCUT2D eigenvalue weighted by Crippen LogP contribution is -2.32. The highest BCUT2D eigenvalue weighted by molar-refractivity contribution is 5.89. The van der Waals surface area contributed by atoms with Crippen LogP contribution in [0.3, 0.4) is 0 Å². The summed E-state index contributed by atoms with van der Waals surface area (Å²) in [5.74, 6) is 0.273. The molecule has 2 amide bonds. The van der Waals surface area contributed by atoms with Crippen LogP contribution < -0.4 is 15.4 Å². The molecule has 4 nitrogen and oxygen atoms in total. The normalized spacial score (nSPS) is 10.2. The molecule has 0 spiro atoms. The van der Waals surface area contributed by atoms with Crippen molar-refractivity contribution < 1.29 is 13.9 Å². The van der Waals surface area contributed by atoms with Crippen LogP contribution >= 0.6 is 0 Å². The summed E-state index contributed by atoms with van der Waals surface area (Å²) >= 11 is 0. The molecule has 0 fully saturated rings. The zero-order chi connectivity index (χ0) is 16.1. The van der Waals surface area contributed by atoms with E-state index in [0.29, 0.717) is 0 Å². The molecule has 2 rings (SSSR count). The highest BCUT2D eigenvalue weighted by Crippen LogP contribution is 2.25. The second kappa shape index (κ2) is 6.93. The molecule has 0 aromatic heterocycles. The standard InChI is InChI=1S/C17H19FN2O2/c1-11-8-9-12(2)16(13(11)3)22-10-19-17(21)20-15-7-5-4-6-14(15)18/h4-9H,10H2,1-3H3,(H2,19,20,21). The van der Waals surface area contributed by atoms with Gasteiger partial charge < -0.3 is 15.4 Å². The third-order valence-electron chi connectivity index (χ3n) is 3.44. The number of aryl methyl sites for hydroxylation is 2. The third kappa shape index (κ3) is 3.75. The molecule has 2 aromatic rings. The Morgan fingerprint density at radius 1 is 1.09 bits per heavy atom. The van der Waals surface area contributed by atoms with Crippen molar-refractivity contribution >= 4 is 11.7 Å². The Kier molecular flexibility index (Phi) is 4.99. The summed E-state index contributed by atoms with van der Waals surface area (Å²) in [5.41, 5.74) is 3.29. The predicted molar refractivity (Wildman–Crippen MR) is 84.7 cm³/mol. The van der Waals surface area contributed by atoms with E-state index in [-0.39, 0.29) is 12.4 Å². The van der Waals surface area contributed by atoms with E-state index in [9.17, 15) is 9.18 Å². The molecule has 0 radical (unpaired) electrons. The molecule has 0 bridgehead atoms. The van der Waals surface area contributed by atoms with Gasteiger partial charge in [0.2, 0.25) is 0 Å². The minimum Gasteiger partial charge on any atom is -0.473 e. The molecule has 22 heavy (non-hydrogen) atoms. The third-order valence-corrected chi connectivity index (χ3v) is 3.44. The van der Waals surface area contributed by atoms with E-state index in [0.717, 1.165) is 22.4 Å². The first-order chi connectivity index (χ1) is 10.5. The molecule has 116 valence electrons. The van der Waals surface area contributed by atoms with Crippen molar-refractivity contribution in [2.75, 3.05) is 12.0 Å². The lowest BCUT2D eigenvalue weighted by Gasteiger charge is -2.14. The zero-order valence-corrected chi connectivity index (χ0v) is 12.9. The number of benzene rings is 2. The summed E-state index contributed by atoms with van der Waals surface area (Å²) in [5, 5.41) is 4.97. The molecule has 0 aliphatic rings. The molecule has 0 aliphatic carbocycles. The Morgan fingerprint density at radius 2 is 1.77 bits per heavy atom. The van der Waals surface area contributed by atoms with Crippen LogP contribution in [0.5, 0.6) is 5.75 Å². The number of rotatable bonds is 4. The monoisotopic (exact) mass is 302 g/mol. The fraction of sp³-hybridized carbons (Fsp3) is 0.235. The SMILES string of the molecule is Cc1ccc(C)c(OCNC(=O)Nc2ccccc2F)c1C. The number of carbonyl (C=O) groups excluding carboxylic acids is 1. The van der Waals surface area contributed by atoms with Gasteiger partial charge in [-0.05, 0) is 49.6 Å². The van der Waals surface area contributed by atoms with E-state index in [4.69, 9.17) is 4.74 Å². The van der Waals surface area contributed by atoms with E-state index >= 15 is 0 Å². The van der Waals surface area contributed by atoms with Gasteiger partial charge in [-0.3, -0.25) is 0 Å². The van der Waals surface area contributed by atoms with Gasteiger partial charge in [-0.1, -0.05) is 24.3 Å². The van der Waals surface area contributed by atoms with Crippen LogP contribution in [0.4, 0.5) is 14.9 Å². The molecule has 0 atom stereocenters. The predicted octanol–water partition coefficient (Wildman–Crippen LogP) is 3.91. The van der Waals surface area contributed by atoms with Crippen LogP contribution in [0.15, 0.2) is 36.4 Å². The average Bonchev–Trinajstić information content (AvgIpc) is 2.49. The van der Waals surface area contributed by atoms with E-state index in [1.54, 1.807) is 12.1 Å². The van der Waals surface area contributed by atoms with Crippen molar-refractivity contribution in [3.05, 3.63) is 58.9 Å². The number of amides is 2. The van der Waals surface area contributed by atoms with E-state index in [1.807, 2.05) is 32.9 Å². The number of halogens is 1. The molecule has 0 saturated carbocycles. The van der Waals surface area contributed by atoms with Crippen molar-refractivity contribution in [2.45, 2.75) is 20.8 Å². The Labute approximate surface area is 129 Å². The summed E-state index contributed by atoms with van der Waals surface area (Å²) in [7, 11) is 0. The van der Waals surface area contributed by atoms with Crippen LogP contribution in [-0.4, -0.2) is 12.8 Å². The summed E-state index contributed by atoms with van der Waals surface area (Å²) in [6, 6.07) is 9.45. The molecule has 0 aliphatic heterocycles. The maximum atomic E-state index is 13.4. The van der Waals surface area contributed by atoms with Gasteiger partial charge in [0.1, 0.15) is 11.6 Å². The van der Waals surface area contributed by atoms with Crippen molar-refractivity contribution in [1.82, 2.24) is 5.32 Å². The van der Waals surface area contributed by atoms with Crippen LogP contribution in [-0.2, 0) is 0 Å². The number of hydrogen-bond acceptors (Lipinski definition) is 2. The molecule has 2 aromatic carbocycles. The van der Waals surface area contributed by atoms with Gasteiger partial charge >= 0.3 is 6.03 Å². The fourth-order valence-corrected chi connectivity index (χ4v) is 2.05. The summed E-state index contributed by atoms with van der Waals surface area (Å²) < 4.78 is 19.0. The van der Waals surface area contributed by atoms with Gasteiger partial charge in [-0.15, -0.1) is 0 Å². The van der Waals surface area contributed by atoms with E-state index < -0.39 is 11.8 Å². The number of ether oxygens (including phenoxy) is 1. The number of urea groups is 1. The van der Waals surface area contributed by atoms with Gasteiger partial charge in [0, 0.05) is 0 Å².